The molecule has 0 aromatic heterocycles. The number of benzene rings is 2. The van der Waals surface area contributed by atoms with Crippen LogP contribution in [0.1, 0.15) is 51.7 Å². The maximum absolute atomic E-state index is 13.8. The van der Waals surface area contributed by atoms with Gasteiger partial charge < -0.3 is 10.2 Å². The van der Waals surface area contributed by atoms with E-state index in [0.717, 1.165) is 23.3 Å². The van der Waals surface area contributed by atoms with E-state index in [4.69, 9.17) is 0 Å². The van der Waals surface area contributed by atoms with Gasteiger partial charge in [-0.05, 0) is 35.8 Å². The van der Waals surface area contributed by atoms with Crippen LogP contribution in [0.25, 0.3) is 0 Å². The van der Waals surface area contributed by atoms with Gasteiger partial charge in [0.25, 0.3) is 5.91 Å². The van der Waals surface area contributed by atoms with Crippen molar-refractivity contribution in [2.24, 2.45) is 11.8 Å². The third-order valence-corrected chi connectivity index (χ3v) is 6.35. The fourth-order valence-corrected chi connectivity index (χ4v) is 4.24. The Hall–Kier alpha value is -3.15. The highest BCUT2D eigenvalue weighted by molar-refractivity contribution is 6.09. The number of nitrogens with one attached hydrogen (secondary N) is 1. The predicted octanol–water partition coefficient (Wildman–Crippen LogP) is 4.60. The van der Waals surface area contributed by atoms with Crippen molar-refractivity contribution in [2.45, 2.75) is 52.5 Å². The molecule has 2 aromatic rings. The van der Waals surface area contributed by atoms with Crippen molar-refractivity contribution in [3.8, 4) is 0 Å². The second-order valence-electron chi connectivity index (χ2n) is 10.0. The number of hydrogen-bond acceptors (Lipinski definition) is 3. The molecule has 34 heavy (non-hydrogen) atoms. The SMILES string of the molecule is CC(C)CCN(CCC(C)C)C(=O)CN1C(=O)N[C@](Cc2ccccc2)(c2ccccc2)C1=O. The minimum atomic E-state index is -1.24. The summed E-state index contributed by atoms with van der Waals surface area (Å²) in [6.07, 6.45) is 2.08. The predicted molar refractivity (Wildman–Crippen MR) is 134 cm³/mol. The topological polar surface area (TPSA) is 69.7 Å². The zero-order valence-electron chi connectivity index (χ0n) is 20.8. The number of hydrogen-bond donors (Lipinski definition) is 1. The molecule has 1 N–H and O–H groups in total. The zero-order valence-corrected chi connectivity index (χ0v) is 20.8. The van der Waals surface area contributed by atoms with E-state index in [9.17, 15) is 14.4 Å². The summed E-state index contributed by atoms with van der Waals surface area (Å²) in [4.78, 5) is 43.1. The molecule has 1 fully saturated rings. The Morgan fingerprint density at radius 3 is 1.94 bits per heavy atom. The molecule has 0 saturated carbocycles. The van der Waals surface area contributed by atoms with Crippen molar-refractivity contribution in [1.29, 1.82) is 0 Å². The molecule has 6 nitrogen and oxygen atoms in total. The van der Waals surface area contributed by atoms with Gasteiger partial charge in [-0.3, -0.25) is 14.5 Å². The van der Waals surface area contributed by atoms with Gasteiger partial charge in [0.2, 0.25) is 5.91 Å². The summed E-state index contributed by atoms with van der Waals surface area (Å²) in [5, 5.41) is 2.94. The van der Waals surface area contributed by atoms with Gasteiger partial charge in [-0.15, -0.1) is 0 Å². The molecule has 1 aliphatic heterocycles. The van der Waals surface area contributed by atoms with Crippen LogP contribution in [-0.4, -0.2) is 47.3 Å². The Labute approximate surface area is 203 Å². The number of carbonyl (C=O) groups excluding carboxylic acids is 3. The van der Waals surface area contributed by atoms with Crippen LogP contribution in [0.15, 0.2) is 60.7 Å². The van der Waals surface area contributed by atoms with E-state index >= 15 is 0 Å². The van der Waals surface area contributed by atoms with E-state index in [-0.39, 0.29) is 18.4 Å². The molecule has 4 amide bonds. The lowest BCUT2D eigenvalue weighted by molar-refractivity contribution is -0.139. The van der Waals surface area contributed by atoms with Gasteiger partial charge >= 0.3 is 6.03 Å². The van der Waals surface area contributed by atoms with Crippen LogP contribution in [0.5, 0.6) is 0 Å². The molecule has 0 aliphatic carbocycles. The van der Waals surface area contributed by atoms with Gasteiger partial charge in [-0.2, -0.15) is 0 Å². The van der Waals surface area contributed by atoms with Gasteiger partial charge in [0.15, 0.2) is 5.54 Å². The van der Waals surface area contributed by atoms with Crippen LogP contribution in [-0.2, 0) is 21.5 Å². The molecule has 3 rings (SSSR count). The average Bonchev–Trinajstić information content (AvgIpc) is 3.04. The molecule has 0 unspecified atom stereocenters. The quantitative estimate of drug-likeness (QED) is 0.495. The maximum Gasteiger partial charge on any atom is 0.325 e. The molecular weight excluding hydrogens is 426 g/mol. The standard InChI is InChI=1S/C28H37N3O3/c1-21(2)15-17-30(18-16-22(3)4)25(32)20-31-26(33)28(29-27(31)34,24-13-9-6-10-14-24)19-23-11-7-5-8-12-23/h5-14,21-22H,15-20H2,1-4H3,(H,29,34)/t28-/m1/s1. The van der Waals surface area contributed by atoms with Crippen LogP contribution in [0.4, 0.5) is 4.79 Å². The van der Waals surface area contributed by atoms with Crippen LogP contribution in [0.3, 0.4) is 0 Å². The largest absolute Gasteiger partial charge is 0.341 e. The van der Waals surface area contributed by atoms with E-state index in [1.54, 1.807) is 4.90 Å². The van der Waals surface area contributed by atoms with Crippen LogP contribution < -0.4 is 5.32 Å². The van der Waals surface area contributed by atoms with Gasteiger partial charge in [0, 0.05) is 19.5 Å². The number of imide groups is 1. The molecule has 0 radical (unpaired) electrons. The normalized spacial score (nSPS) is 18.0. The second-order valence-corrected chi connectivity index (χ2v) is 10.0. The Bertz CT molecular complexity index is 963. The highest BCUT2D eigenvalue weighted by atomic mass is 16.2. The Morgan fingerprint density at radius 1 is 0.882 bits per heavy atom. The first kappa shape index (κ1) is 25.5. The Morgan fingerprint density at radius 2 is 1.41 bits per heavy atom. The molecule has 0 spiro atoms. The molecular formula is C28H37N3O3. The third-order valence-electron chi connectivity index (χ3n) is 6.35. The van der Waals surface area contributed by atoms with Gasteiger partial charge in [0.1, 0.15) is 6.54 Å². The summed E-state index contributed by atoms with van der Waals surface area (Å²) >= 11 is 0. The average molecular weight is 464 g/mol. The van der Waals surface area contributed by atoms with Crippen molar-refractivity contribution in [2.75, 3.05) is 19.6 Å². The smallest absolute Gasteiger partial charge is 0.325 e. The van der Waals surface area contributed by atoms with Crippen molar-refractivity contribution in [3.05, 3.63) is 71.8 Å². The molecule has 1 aliphatic rings. The number of rotatable bonds is 11. The number of nitrogens with zero attached hydrogens (tertiary/aromatic N) is 2. The molecule has 1 saturated heterocycles. The van der Waals surface area contributed by atoms with E-state index in [1.165, 1.54) is 0 Å². The van der Waals surface area contributed by atoms with Gasteiger partial charge in [-0.25, -0.2) is 4.79 Å². The summed E-state index contributed by atoms with van der Waals surface area (Å²) in [5.74, 6) is 0.354. The fourth-order valence-electron chi connectivity index (χ4n) is 4.24. The Kier molecular flexibility index (Phi) is 8.48. The van der Waals surface area contributed by atoms with Crippen molar-refractivity contribution in [3.63, 3.8) is 0 Å². The first-order valence-electron chi connectivity index (χ1n) is 12.2. The monoisotopic (exact) mass is 463 g/mol. The maximum atomic E-state index is 13.8. The van der Waals surface area contributed by atoms with Crippen LogP contribution in [0, 0.1) is 11.8 Å². The number of amides is 4. The fraction of sp³-hybridized carbons (Fsp3) is 0.464. The molecule has 2 aromatic carbocycles. The molecule has 6 heteroatoms. The molecule has 0 bridgehead atoms. The lowest BCUT2D eigenvalue weighted by Gasteiger charge is -2.28. The molecule has 1 atom stereocenters. The van der Waals surface area contributed by atoms with E-state index in [2.05, 4.69) is 33.0 Å². The first-order chi connectivity index (χ1) is 16.2. The third kappa shape index (κ3) is 6.04. The van der Waals surface area contributed by atoms with Gasteiger partial charge in [0.05, 0.1) is 0 Å². The molecule has 1 heterocycles. The van der Waals surface area contributed by atoms with Crippen LogP contribution in [0.2, 0.25) is 0 Å². The molecule has 182 valence electrons. The summed E-state index contributed by atoms with van der Waals surface area (Å²) < 4.78 is 0. The number of carbonyl (C=O) groups is 3. The lowest BCUT2D eigenvalue weighted by atomic mass is 9.83. The number of urea groups is 1. The summed E-state index contributed by atoms with van der Waals surface area (Å²) in [6, 6.07) is 18.4. The van der Waals surface area contributed by atoms with Crippen molar-refractivity contribution >= 4 is 17.8 Å². The van der Waals surface area contributed by atoms with E-state index in [1.807, 2.05) is 60.7 Å². The van der Waals surface area contributed by atoms with Crippen LogP contribution >= 0.6 is 0 Å². The summed E-state index contributed by atoms with van der Waals surface area (Å²) in [5.41, 5.74) is 0.410. The minimum Gasteiger partial charge on any atom is -0.341 e. The van der Waals surface area contributed by atoms with Gasteiger partial charge in [-0.1, -0.05) is 88.4 Å². The van der Waals surface area contributed by atoms with Crippen molar-refractivity contribution in [1.82, 2.24) is 15.1 Å². The summed E-state index contributed by atoms with van der Waals surface area (Å²) in [7, 11) is 0. The summed E-state index contributed by atoms with van der Waals surface area (Å²) in [6.45, 7) is 9.51. The zero-order chi connectivity index (χ0) is 24.7. The Balaban J connectivity index is 1.85. The first-order valence-corrected chi connectivity index (χ1v) is 12.2. The highest BCUT2D eigenvalue weighted by Crippen LogP contribution is 2.33. The van der Waals surface area contributed by atoms with Crippen molar-refractivity contribution < 1.29 is 14.4 Å². The lowest BCUT2D eigenvalue weighted by Crippen LogP contribution is -2.47. The second kappa shape index (κ2) is 11.3. The minimum absolute atomic E-state index is 0.187. The van der Waals surface area contributed by atoms with E-state index in [0.29, 0.717) is 36.9 Å². The highest BCUT2D eigenvalue weighted by Gasteiger charge is 2.52. The van der Waals surface area contributed by atoms with E-state index < -0.39 is 11.6 Å².